The van der Waals surface area contributed by atoms with Crippen molar-refractivity contribution in [1.82, 2.24) is 14.9 Å². The monoisotopic (exact) mass is 217 g/mol. The summed E-state index contributed by atoms with van der Waals surface area (Å²) in [7, 11) is 0. The first kappa shape index (κ1) is 11.1. The van der Waals surface area contributed by atoms with E-state index < -0.39 is 0 Å². The van der Waals surface area contributed by atoms with Crippen LogP contribution >= 0.6 is 0 Å². The number of fused-ring (bicyclic) bond motifs is 1. The van der Waals surface area contributed by atoms with Crippen molar-refractivity contribution in [2.45, 2.75) is 39.9 Å². The second-order valence-electron chi connectivity index (χ2n) is 4.39. The fraction of sp³-hybridized carbons (Fsp3) is 0.462. The number of hydrogen-bond donors (Lipinski definition) is 1. The van der Waals surface area contributed by atoms with Gasteiger partial charge in [-0.3, -0.25) is 0 Å². The zero-order valence-corrected chi connectivity index (χ0v) is 10.2. The number of rotatable bonds is 4. The van der Waals surface area contributed by atoms with Crippen LogP contribution in [0.4, 0.5) is 0 Å². The summed E-state index contributed by atoms with van der Waals surface area (Å²) in [5.74, 6) is 0. The molecule has 3 heteroatoms. The van der Waals surface area contributed by atoms with Gasteiger partial charge in [-0.05, 0) is 24.6 Å². The van der Waals surface area contributed by atoms with Gasteiger partial charge in [-0.1, -0.05) is 19.9 Å². The molecular formula is C13H19N3. The zero-order valence-electron chi connectivity index (χ0n) is 10.2. The van der Waals surface area contributed by atoms with E-state index in [0.717, 1.165) is 18.6 Å². The number of benzene rings is 1. The highest BCUT2D eigenvalue weighted by Gasteiger charge is 2.02. The smallest absolute Gasteiger partial charge is 0.0958 e. The molecule has 1 N–H and O–H groups in total. The maximum Gasteiger partial charge on any atom is 0.0958 e. The van der Waals surface area contributed by atoms with Crippen LogP contribution in [0.15, 0.2) is 24.5 Å². The lowest BCUT2D eigenvalue weighted by Gasteiger charge is -2.08. The Bertz CT molecular complexity index is 471. The van der Waals surface area contributed by atoms with Gasteiger partial charge >= 0.3 is 0 Å². The van der Waals surface area contributed by atoms with Gasteiger partial charge in [0, 0.05) is 19.1 Å². The SMILES string of the molecule is CCn1cnc2cc(CNC(C)C)ccc21. The van der Waals surface area contributed by atoms with E-state index in [1.807, 2.05) is 6.33 Å². The third kappa shape index (κ3) is 2.25. The lowest BCUT2D eigenvalue weighted by Crippen LogP contribution is -2.21. The number of aryl methyl sites for hydroxylation is 1. The van der Waals surface area contributed by atoms with Crippen molar-refractivity contribution in [2.75, 3.05) is 0 Å². The van der Waals surface area contributed by atoms with Gasteiger partial charge in [0.2, 0.25) is 0 Å². The molecule has 0 unspecified atom stereocenters. The summed E-state index contributed by atoms with van der Waals surface area (Å²) >= 11 is 0. The van der Waals surface area contributed by atoms with Crippen molar-refractivity contribution in [3.63, 3.8) is 0 Å². The second kappa shape index (κ2) is 4.66. The van der Waals surface area contributed by atoms with Gasteiger partial charge in [0.05, 0.1) is 17.4 Å². The van der Waals surface area contributed by atoms with Crippen LogP contribution in [0.25, 0.3) is 11.0 Å². The lowest BCUT2D eigenvalue weighted by molar-refractivity contribution is 0.589. The normalized spacial score (nSPS) is 11.5. The molecule has 0 amide bonds. The fourth-order valence-corrected chi connectivity index (χ4v) is 1.79. The van der Waals surface area contributed by atoms with Crippen molar-refractivity contribution in [2.24, 2.45) is 0 Å². The highest BCUT2D eigenvalue weighted by Crippen LogP contribution is 2.14. The standard InChI is InChI=1S/C13H19N3/c1-4-16-9-15-12-7-11(5-6-13(12)16)8-14-10(2)3/h5-7,9-10,14H,4,8H2,1-3H3. The van der Waals surface area contributed by atoms with Crippen molar-refractivity contribution >= 4 is 11.0 Å². The molecule has 0 fully saturated rings. The highest BCUT2D eigenvalue weighted by atomic mass is 15.0. The van der Waals surface area contributed by atoms with Crippen LogP contribution in [0.1, 0.15) is 26.3 Å². The predicted octanol–water partition coefficient (Wildman–Crippen LogP) is 2.55. The van der Waals surface area contributed by atoms with Gasteiger partial charge in [-0.25, -0.2) is 4.98 Å². The molecule has 1 aromatic heterocycles. The van der Waals surface area contributed by atoms with E-state index in [1.165, 1.54) is 11.1 Å². The number of imidazole rings is 1. The van der Waals surface area contributed by atoms with Gasteiger partial charge in [0.25, 0.3) is 0 Å². The van der Waals surface area contributed by atoms with E-state index in [2.05, 4.69) is 53.8 Å². The number of nitrogens with one attached hydrogen (secondary N) is 1. The Hall–Kier alpha value is -1.35. The third-order valence-electron chi connectivity index (χ3n) is 2.74. The topological polar surface area (TPSA) is 29.9 Å². The largest absolute Gasteiger partial charge is 0.331 e. The average molecular weight is 217 g/mol. The molecule has 0 aliphatic carbocycles. The molecule has 0 aliphatic heterocycles. The zero-order chi connectivity index (χ0) is 11.5. The van der Waals surface area contributed by atoms with Crippen LogP contribution in [0, 0.1) is 0 Å². The molecule has 0 saturated carbocycles. The highest BCUT2D eigenvalue weighted by molar-refractivity contribution is 5.76. The molecule has 3 nitrogen and oxygen atoms in total. The third-order valence-corrected chi connectivity index (χ3v) is 2.74. The predicted molar refractivity (Wildman–Crippen MR) is 67.4 cm³/mol. The Morgan fingerprint density at radius 2 is 2.19 bits per heavy atom. The summed E-state index contributed by atoms with van der Waals surface area (Å²) in [6, 6.07) is 7.01. The summed E-state index contributed by atoms with van der Waals surface area (Å²) in [6.07, 6.45) is 1.91. The maximum absolute atomic E-state index is 4.41. The molecule has 1 aromatic carbocycles. The minimum Gasteiger partial charge on any atom is -0.331 e. The Morgan fingerprint density at radius 1 is 1.38 bits per heavy atom. The number of hydrogen-bond acceptors (Lipinski definition) is 2. The summed E-state index contributed by atoms with van der Waals surface area (Å²) in [4.78, 5) is 4.41. The quantitative estimate of drug-likeness (QED) is 0.853. The molecular weight excluding hydrogens is 198 g/mol. The first-order chi connectivity index (χ1) is 7.70. The average Bonchev–Trinajstić information content (AvgIpc) is 2.68. The van der Waals surface area contributed by atoms with Crippen LogP contribution < -0.4 is 5.32 Å². The molecule has 0 bridgehead atoms. The Balaban J connectivity index is 2.24. The van der Waals surface area contributed by atoms with Crippen LogP contribution in [0.3, 0.4) is 0 Å². The van der Waals surface area contributed by atoms with Crippen LogP contribution in [0.2, 0.25) is 0 Å². The molecule has 0 spiro atoms. The summed E-state index contributed by atoms with van der Waals surface area (Å²) in [6.45, 7) is 8.33. The first-order valence-electron chi connectivity index (χ1n) is 5.88. The summed E-state index contributed by atoms with van der Waals surface area (Å²) in [5.41, 5.74) is 3.60. The minimum atomic E-state index is 0.517. The van der Waals surface area contributed by atoms with E-state index >= 15 is 0 Å². The Labute approximate surface area is 96.5 Å². The summed E-state index contributed by atoms with van der Waals surface area (Å²) < 4.78 is 2.16. The molecule has 2 rings (SSSR count). The van der Waals surface area contributed by atoms with E-state index in [1.54, 1.807) is 0 Å². The molecule has 2 aromatic rings. The molecule has 86 valence electrons. The van der Waals surface area contributed by atoms with Gasteiger partial charge in [-0.15, -0.1) is 0 Å². The van der Waals surface area contributed by atoms with Crippen molar-refractivity contribution < 1.29 is 0 Å². The molecule has 0 aliphatic rings. The van der Waals surface area contributed by atoms with Crippen molar-refractivity contribution in [3.8, 4) is 0 Å². The van der Waals surface area contributed by atoms with Crippen LogP contribution in [-0.4, -0.2) is 15.6 Å². The second-order valence-corrected chi connectivity index (χ2v) is 4.39. The minimum absolute atomic E-state index is 0.517. The van der Waals surface area contributed by atoms with E-state index in [-0.39, 0.29) is 0 Å². The molecule has 1 heterocycles. The molecule has 0 radical (unpaired) electrons. The van der Waals surface area contributed by atoms with E-state index in [0.29, 0.717) is 6.04 Å². The van der Waals surface area contributed by atoms with Gasteiger partial charge in [0.1, 0.15) is 0 Å². The fourth-order valence-electron chi connectivity index (χ4n) is 1.79. The molecule has 16 heavy (non-hydrogen) atoms. The maximum atomic E-state index is 4.41. The Kier molecular flexibility index (Phi) is 3.25. The van der Waals surface area contributed by atoms with Crippen molar-refractivity contribution in [3.05, 3.63) is 30.1 Å². The number of nitrogens with zero attached hydrogens (tertiary/aromatic N) is 2. The van der Waals surface area contributed by atoms with Gasteiger partial charge < -0.3 is 9.88 Å². The molecule has 0 atom stereocenters. The van der Waals surface area contributed by atoms with E-state index in [9.17, 15) is 0 Å². The van der Waals surface area contributed by atoms with Gasteiger partial charge in [0.15, 0.2) is 0 Å². The van der Waals surface area contributed by atoms with Crippen LogP contribution in [0.5, 0.6) is 0 Å². The molecule has 0 saturated heterocycles. The van der Waals surface area contributed by atoms with Crippen molar-refractivity contribution in [1.29, 1.82) is 0 Å². The summed E-state index contributed by atoms with van der Waals surface area (Å²) in [5, 5.41) is 3.41. The Morgan fingerprint density at radius 3 is 2.88 bits per heavy atom. The number of aromatic nitrogens is 2. The van der Waals surface area contributed by atoms with Gasteiger partial charge in [-0.2, -0.15) is 0 Å². The first-order valence-corrected chi connectivity index (χ1v) is 5.88. The van der Waals surface area contributed by atoms with Crippen LogP contribution in [-0.2, 0) is 13.1 Å². The lowest BCUT2D eigenvalue weighted by atomic mass is 10.2. The van der Waals surface area contributed by atoms with E-state index in [4.69, 9.17) is 0 Å².